The van der Waals surface area contributed by atoms with E-state index in [0.29, 0.717) is 12.3 Å². The Balaban J connectivity index is 1.65. The maximum Gasteiger partial charge on any atom is 0.158 e. The van der Waals surface area contributed by atoms with Crippen LogP contribution in [-0.2, 0) is 4.74 Å². The number of aromatic nitrogens is 1. The SMILES string of the molecule is Cc1cccc(N2CCO[C@@H]2c2ccn(-c3ccccc3F)c2)c1. The highest BCUT2D eigenvalue weighted by atomic mass is 19.1. The van der Waals surface area contributed by atoms with E-state index in [1.807, 2.05) is 24.5 Å². The second kappa shape index (κ2) is 6.13. The van der Waals surface area contributed by atoms with Gasteiger partial charge in [0, 0.05) is 30.2 Å². The summed E-state index contributed by atoms with van der Waals surface area (Å²) in [4.78, 5) is 2.24. The molecule has 0 radical (unpaired) electrons. The van der Waals surface area contributed by atoms with Crippen LogP contribution in [0, 0.1) is 12.7 Å². The van der Waals surface area contributed by atoms with Crippen molar-refractivity contribution in [2.45, 2.75) is 13.2 Å². The van der Waals surface area contributed by atoms with Crippen LogP contribution in [0.25, 0.3) is 5.69 Å². The summed E-state index contributed by atoms with van der Waals surface area (Å²) in [7, 11) is 0. The average molecular weight is 322 g/mol. The maximum atomic E-state index is 14.0. The zero-order valence-electron chi connectivity index (χ0n) is 13.5. The van der Waals surface area contributed by atoms with Gasteiger partial charge in [0.1, 0.15) is 5.82 Å². The Morgan fingerprint density at radius 2 is 1.96 bits per heavy atom. The average Bonchev–Trinajstić information content (AvgIpc) is 3.24. The van der Waals surface area contributed by atoms with Gasteiger partial charge in [-0.2, -0.15) is 0 Å². The molecule has 1 aromatic heterocycles. The summed E-state index contributed by atoms with van der Waals surface area (Å²) in [6.07, 6.45) is 3.68. The van der Waals surface area contributed by atoms with Gasteiger partial charge in [-0.25, -0.2) is 4.39 Å². The van der Waals surface area contributed by atoms with Crippen LogP contribution in [0.4, 0.5) is 10.1 Å². The van der Waals surface area contributed by atoms with Crippen molar-refractivity contribution in [3.05, 3.63) is 83.9 Å². The monoisotopic (exact) mass is 322 g/mol. The van der Waals surface area contributed by atoms with Gasteiger partial charge in [-0.3, -0.25) is 0 Å². The van der Waals surface area contributed by atoms with Gasteiger partial charge in [0.15, 0.2) is 6.23 Å². The molecular weight excluding hydrogens is 303 g/mol. The van der Waals surface area contributed by atoms with Crippen LogP contribution in [0.1, 0.15) is 17.4 Å². The largest absolute Gasteiger partial charge is 0.352 e. The van der Waals surface area contributed by atoms with Gasteiger partial charge < -0.3 is 14.2 Å². The number of anilines is 1. The summed E-state index contributed by atoms with van der Waals surface area (Å²) in [5, 5.41) is 0. The zero-order chi connectivity index (χ0) is 16.5. The fraction of sp³-hybridized carbons (Fsp3) is 0.200. The lowest BCUT2D eigenvalue weighted by molar-refractivity contribution is 0.114. The maximum absolute atomic E-state index is 14.0. The Morgan fingerprint density at radius 1 is 1.08 bits per heavy atom. The molecule has 0 N–H and O–H groups in total. The molecule has 0 aliphatic carbocycles. The van der Waals surface area contributed by atoms with E-state index in [1.54, 1.807) is 16.7 Å². The number of para-hydroxylation sites is 1. The van der Waals surface area contributed by atoms with E-state index >= 15 is 0 Å². The fourth-order valence-electron chi connectivity index (χ4n) is 3.19. The van der Waals surface area contributed by atoms with Gasteiger partial charge in [-0.1, -0.05) is 24.3 Å². The Hall–Kier alpha value is -2.59. The van der Waals surface area contributed by atoms with Crippen LogP contribution in [0.3, 0.4) is 0 Å². The molecule has 1 atom stereocenters. The molecule has 0 spiro atoms. The Bertz CT molecular complexity index is 858. The Kier molecular flexibility index (Phi) is 3.82. The topological polar surface area (TPSA) is 17.4 Å². The molecule has 1 fully saturated rings. The lowest BCUT2D eigenvalue weighted by Gasteiger charge is -2.25. The van der Waals surface area contributed by atoms with Gasteiger partial charge in [0.25, 0.3) is 0 Å². The van der Waals surface area contributed by atoms with Crippen LogP contribution in [0.2, 0.25) is 0 Å². The number of hydrogen-bond acceptors (Lipinski definition) is 2. The summed E-state index contributed by atoms with van der Waals surface area (Å²) in [5.74, 6) is -0.234. The molecule has 24 heavy (non-hydrogen) atoms. The Labute approximate surface area is 140 Å². The quantitative estimate of drug-likeness (QED) is 0.708. The number of halogens is 1. The van der Waals surface area contributed by atoms with Crippen molar-refractivity contribution in [1.82, 2.24) is 4.57 Å². The highest BCUT2D eigenvalue weighted by molar-refractivity contribution is 5.51. The van der Waals surface area contributed by atoms with E-state index in [1.165, 1.54) is 11.6 Å². The summed E-state index contributed by atoms with van der Waals surface area (Å²) in [6, 6.07) is 17.2. The second-order valence-corrected chi connectivity index (χ2v) is 6.06. The van der Waals surface area contributed by atoms with Crippen molar-refractivity contribution >= 4 is 5.69 Å². The summed E-state index contributed by atoms with van der Waals surface area (Å²) < 4.78 is 21.7. The smallest absolute Gasteiger partial charge is 0.158 e. The highest BCUT2D eigenvalue weighted by Gasteiger charge is 2.28. The number of aryl methyl sites for hydroxylation is 1. The van der Waals surface area contributed by atoms with Gasteiger partial charge >= 0.3 is 0 Å². The summed E-state index contributed by atoms with van der Waals surface area (Å²) >= 11 is 0. The molecule has 2 heterocycles. The molecule has 1 aliphatic heterocycles. The standard InChI is InChI=1S/C20H19FN2O/c1-15-5-4-6-17(13-15)23-11-12-24-20(23)16-9-10-22(14-16)19-8-3-2-7-18(19)21/h2-10,13-14,20H,11-12H2,1H3/t20-/m1/s1. The number of hydrogen-bond donors (Lipinski definition) is 0. The zero-order valence-corrected chi connectivity index (χ0v) is 13.5. The minimum atomic E-state index is -0.234. The number of rotatable bonds is 3. The van der Waals surface area contributed by atoms with Crippen LogP contribution in [0.5, 0.6) is 0 Å². The van der Waals surface area contributed by atoms with Crippen molar-refractivity contribution in [3.63, 3.8) is 0 Å². The van der Waals surface area contributed by atoms with Crippen LogP contribution in [0.15, 0.2) is 67.0 Å². The number of nitrogens with zero attached hydrogens (tertiary/aromatic N) is 2. The lowest BCUT2D eigenvalue weighted by Crippen LogP contribution is -2.23. The number of benzene rings is 2. The first-order valence-corrected chi connectivity index (χ1v) is 8.10. The van der Waals surface area contributed by atoms with Gasteiger partial charge in [-0.05, 0) is 42.8 Å². The van der Waals surface area contributed by atoms with Crippen molar-refractivity contribution in [2.75, 3.05) is 18.1 Å². The van der Waals surface area contributed by atoms with E-state index in [2.05, 4.69) is 36.1 Å². The molecule has 0 unspecified atom stereocenters. The van der Waals surface area contributed by atoms with Crippen molar-refractivity contribution in [3.8, 4) is 5.69 Å². The molecule has 0 saturated carbocycles. The third-order valence-corrected chi connectivity index (χ3v) is 4.36. The molecule has 4 rings (SSSR count). The molecule has 0 bridgehead atoms. The van der Waals surface area contributed by atoms with Crippen LogP contribution in [-0.4, -0.2) is 17.7 Å². The first-order chi connectivity index (χ1) is 11.7. The van der Waals surface area contributed by atoms with E-state index in [9.17, 15) is 4.39 Å². The predicted octanol–water partition coefficient (Wildman–Crippen LogP) is 4.46. The molecular formula is C20H19FN2O. The molecule has 122 valence electrons. The molecule has 1 aliphatic rings. The van der Waals surface area contributed by atoms with Gasteiger partial charge in [-0.15, -0.1) is 0 Å². The Morgan fingerprint density at radius 3 is 2.79 bits per heavy atom. The predicted molar refractivity (Wildman–Crippen MR) is 92.9 cm³/mol. The number of ether oxygens (including phenoxy) is 1. The molecule has 3 aromatic rings. The molecule has 0 amide bonds. The molecule has 1 saturated heterocycles. The van der Waals surface area contributed by atoms with Crippen molar-refractivity contribution < 1.29 is 9.13 Å². The molecule has 4 heteroatoms. The molecule has 2 aromatic carbocycles. The van der Waals surface area contributed by atoms with Gasteiger partial charge in [0.2, 0.25) is 0 Å². The van der Waals surface area contributed by atoms with Crippen LogP contribution < -0.4 is 4.90 Å². The highest BCUT2D eigenvalue weighted by Crippen LogP contribution is 2.33. The van der Waals surface area contributed by atoms with E-state index in [4.69, 9.17) is 4.74 Å². The third-order valence-electron chi connectivity index (χ3n) is 4.36. The fourth-order valence-corrected chi connectivity index (χ4v) is 3.19. The first-order valence-electron chi connectivity index (χ1n) is 8.10. The van der Waals surface area contributed by atoms with E-state index in [0.717, 1.165) is 17.8 Å². The van der Waals surface area contributed by atoms with E-state index < -0.39 is 0 Å². The minimum absolute atomic E-state index is 0.139. The minimum Gasteiger partial charge on any atom is -0.352 e. The second-order valence-electron chi connectivity index (χ2n) is 6.06. The lowest BCUT2D eigenvalue weighted by atomic mass is 10.2. The molecule has 3 nitrogen and oxygen atoms in total. The summed E-state index contributed by atoms with van der Waals surface area (Å²) in [5.41, 5.74) is 3.94. The van der Waals surface area contributed by atoms with Crippen molar-refractivity contribution in [1.29, 1.82) is 0 Å². The van der Waals surface area contributed by atoms with E-state index in [-0.39, 0.29) is 12.0 Å². The third kappa shape index (κ3) is 2.69. The van der Waals surface area contributed by atoms with Crippen LogP contribution >= 0.6 is 0 Å². The normalized spacial score (nSPS) is 17.4. The van der Waals surface area contributed by atoms with Gasteiger partial charge in [0.05, 0.1) is 12.3 Å². The first kappa shape index (κ1) is 15.0. The summed E-state index contributed by atoms with van der Waals surface area (Å²) in [6.45, 7) is 3.62. The van der Waals surface area contributed by atoms with Crippen molar-refractivity contribution in [2.24, 2.45) is 0 Å².